The molecule has 1 aliphatic rings. The van der Waals surface area contributed by atoms with E-state index in [1.165, 1.54) is 12.5 Å². The Kier molecular flexibility index (Phi) is 6.81. The first kappa shape index (κ1) is 24.3. The number of aliphatic imine (C=N–C) groups is 1. The van der Waals surface area contributed by atoms with Crippen LogP contribution in [0.2, 0.25) is 0 Å². The van der Waals surface area contributed by atoms with Crippen LogP contribution in [-0.2, 0) is 25.7 Å². The van der Waals surface area contributed by atoms with Gasteiger partial charge in [0, 0.05) is 14.1 Å². The highest BCUT2D eigenvalue weighted by atomic mass is 16.7. The van der Waals surface area contributed by atoms with Crippen LogP contribution in [0.4, 0.5) is 5.95 Å². The van der Waals surface area contributed by atoms with Crippen LogP contribution in [0.5, 0.6) is 0 Å². The fraction of sp³-hybridized carbons (Fsp3) is 0.545. The number of esters is 1. The Morgan fingerprint density at radius 1 is 1.39 bits per heavy atom. The average Bonchev–Trinajstić information content (AvgIpc) is 3.08. The van der Waals surface area contributed by atoms with Gasteiger partial charge in [0.05, 0.1) is 24.6 Å². The summed E-state index contributed by atoms with van der Waals surface area (Å²) < 4.78 is 17.6. The van der Waals surface area contributed by atoms with Gasteiger partial charge < -0.3 is 19.1 Å². The Morgan fingerprint density at radius 2 is 2.12 bits per heavy atom. The summed E-state index contributed by atoms with van der Waals surface area (Å²) in [5.41, 5.74) is -0.912. The topological polar surface area (TPSA) is 121 Å². The molecule has 1 aliphatic heterocycles. The van der Waals surface area contributed by atoms with Crippen molar-refractivity contribution in [3.63, 3.8) is 0 Å². The summed E-state index contributed by atoms with van der Waals surface area (Å²) in [6, 6.07) is 0. The molecule has 33 heavy (non-hydrogen) atoms. The molecule has 2 aromatic rings. The Hall–Kier alpha value is -3.36. The summed E-state index contributed by atoms with van der Waals surface area (Å²) in [5, 5.41) is 0. The largest absolute Gasteiger partial charge is 0.443 e. The highest BCUT2D eigenvalue weighted by Crippen LogP contribution is 2.21. The lowest BCUT2D eigenvalue weighted by Crippen LogP contribution is -2.29. The summed E-state index contributed by atoms with van der Waals surface area (Å²) >= 11 is 0. The second kappa shape index (κ2) is 9.25. The molecule has 0 N–H and O–H groups in total. The maximum Gasteiger partial charge on any atom is 0.312 e. The minimum atomic E-state index is -0.732. The highest BCUT2D eigenvalue weighted by Gasteiger charge is 2.31. The maximum atomic E-state index is 13.2. The quantitative estimate of drug-likeness (QED) is 0.291. The Morgan fingerprint density at radius 3 is 2.73 bits per heavy atom. The van der Waals surface area contributed by atoms with Crippen LogP contribution in [0.3, 0.4) is 0 Å². The van der Waals surface area contributed by atoms with Crippen molar-refractivity contribution in [1.29, 1.82) is 0 Å². The summed E-state index contributed by atoms with van der Waals surface area (Å²) in [6.45, 7) is 8.75. The van der Waals surface area contributed by atoms with Crippen molar-refractivity contribution in [2.24, 2.45) is 10.4 Å². The zero-order valence-corrected chi connectivity index (χ0v) is 19.9. The van der Waals surface area contributed by atoms with Gasteiger partial charge in [-0.15, -0.1) is 0 Å². The van der Waals surface area contributed by atoms with Crippen LogP contribution < -0.4 is 5.56 Å². The van der Waals surface area contributed by atoms with Gasteiger partial charge in [0.25, 0.3) is 5.56 Å². The molecule has 3 heterocycles. The van der Waals surface area contributed by atoms with E-state index in [-0.39, 0.29) is 29.5 Å². The Balaban J connectivity index is 1.99. The van der Waals surface area contributed by atoms with E-state index in [2.05, 4.69) is 31.8 Å². The molecule has 0 saturated carbocycles. The molecule has 0 aliphatic carbocycles. The monoisotopic (exact) mass is 456 g/mol. The lowest BCUT2D eigenvalue weighted by Gasteiger charge is -2.17. The van der Waals surface area contributed by atoms with Crippen LogP contribution in [0.15, 0.2) is 16.0 Å². The molecule has 1 atom stereocenters. The van der Waals surface area contributed by atoms with Crippen LogP contribution in [0.1, 0.15) is 40.3 Å². The maximum absolute atomic E-state index is 13.2. The molecule has 176 valence electrons. The first-order valence-electron chi connectivity index (χ1n) is 10.3. The van der Waals surface area contributed by atoms with Crippen LogP contribution in [0.25, 0.3) is 11.2 Å². The minimum Gasteiger partial charge on any atom is -0.443 e. The number of carbonyl (C=O) groups is 1. The Labute approximate surface area is 191 Å². The molecule has 0 bridgehead atoms. The molecule has 11 nitrogen and oxygen atoms in total. The summed E-state index contributed by atoms with van der Waals surface area (Å²) in [7, 11) is 3.55. The van der Waals surface area contributed by atoms with Gasteiger partial charge in [-0.1, -0.05) is 5.92 Å². The number of rotatable bonds is 4. The van der Waals surface area contributed by atoms with E-state index < -0.39 is 28.8 Å². The van der Waals surface area contributed by atoms with Crippen molar-refractivity contribution in [2.45, 2.75) is 53.2 Å². The molecule has 0 aromatic carbocycles. The lowest BCUT2D eigenvalue weighted by atomic mass is 9.98. The van der Waals surface area contributed by atoms with Gasteiger partial charge in [0.2, 0.25) is 5.95 Å². The first-order valence-corrected chi connectivity index (χ1v) is 10.3. The van der Waals surface area contributed by atoms with Crippen LogP contribution in [0, 0.1) is 17.3 Å². The molecule has 0 spiro atoms. The second-order valence-corrected chi connectivity index (χ2v) is 9.18. The molecule has 1 unspecified atom stereocenters. The van der Waals surface area contributed by atoms with E-state index in [0.717, 1.165) is 4.57 Å². The van der Waals surface area contributed by atoms with Crippen molar-refractivity contribution in [3.8, 4) is 11.8 Å². The number of fused-ring (bicyclic) bond motifs is 1. The Bertz CT molecular complexity index is 1200. The number of hydrogen-bond donors (Lipinski definition) is 0. The van der Waals surface area contributed by atoms with Crippen LogP contribution in [-0.4, -0.2) is 69.3 Å². The number of hydrogen-bond acceptors (Lipinski definition) is 9. The van der Waals surface area contributed by atoms with Gasteiger partial charge in [0.15, 0.2) is 23.7 Å². The first-order chi connectivity index (χ1) is 15.4. The number of ether oxygens (including phenoxy) is 3. The fourth-order valence-corrected chi connectivity index (χ4v) is 2.68. The SMILES string of the molecule is CN(C)/C=N/c1nc2ncc(C#CC3COC(C)(C)O3)nc2c(=O)n1COC(=O)C(C)(C)C. The van der Waals surface area contributed by atoms with E-state index >= 15 is 0 Å². The van der Waals surface area contributed by atoms with E-state index in [1.807, 2.05) is 13.8 Å². The number of nitrogens with zero attached hydrogens (tertiary/aromatic N) is 6. The molecule has 11 heteroatoms. The summed E-state index contributed by atoms with van der Waals surface area (Å²) in [4.78, 5) is 44.2. The standard InChI is InChI=1S/C22H28N6O5/c1-21(2,3)19(30)31-13-28-18(29)16-17(26-20(28)24-12-27(6)7)23-10-14(25-16)8-9-15-11-32-22(4,5)33-15/h10,12,15H,11,13H2,1-7H3/b24-12+. The van der Waals surface area contributed by atoms with Crippen molar-refractivity contribution >= 4 is 29.4 Å². The molecule has 3 rings (SSSR count). The van der Waals surface area contributed by atoms with E-state index in [1.54, 1.807) is 39.8 Å². The molecule has 1 saturated heterocycles. The zero-order valence-electron chi connectivity index (χ0n) is 19.9. The molecular formula is C22H28N6O5. The van der Waals surface area contributed by atoms with Crippen molar-refractivity contribution in [1.82, 2.24) is 24.4 Å². The summed E-state index contributed by atoms with van der Waals surface area (Å²) in [5.74, 6) is 4.66. The molecule has 0 radical (unpaired) electrons. The van der Waals surface area contributed by atoms with E-state index in [4.69, 9.17) is 14.2 Å². The van der Waals surface area contributed by atoms with Gasteiger partial charge in [-0.05, 0) is 40.5 Å². The van der Waals surface area contributed by atoms with Gasteiger partial charge in [-0.2, -0.15) is 4.98 Å². The third-order valence-electron chi connectivity index (χ3n) is 4.36. The fourth-order valence-electron chi connectivity index (χ4n) is 2.68. The number of carbonyl (C=O) groups excluding carboxylic acids is 1. The zero-order chi connectivity index (χ0) is 24.4. The third kappa shape index (κ3) is 6.12. The van der Waals surface area contributed by atoms with Gasteiger partial charge in [-0.3, -0.25) is 9.59 Å². The predicted octanol–water partition coefficient (Wildman–Crippen LogP) is 1.46. The lowest BCUT2D eigenvalue weighted by molar-refractivity contribution is -0.157. The van der Waals surface area contributed by atoms with Crippen molar-refractivity contribution in [2.75, 3.05) is 20.7 Å². The van der Waals surface area contributed by atoms with Crippen LogP contribution >= 0.6 is 0 Å². The number of aromatic nitrogens is 4. The van der Waals surface area contributed by atoms with Gasteiger partial charge in [-0.25, -0.2) is 19.5 Å². The van der Waals surface area contributed by atoms with Gasteiger partial charge >= 0.3 is 5.97 Å². The van der Waals surface area contributed by atoms with E-state index in [0.29, 0.717) is 6.61 Å². The highest BCUT2D eigenvalue weighted by molar-refractivity contribution is 5.75. The van der Waals surface area contributed by atoms with E-state index in [9.17, 15) is 9.59 Å². The predicted molar refractivity (Wildman–Crippen MR) is 121 cm³/mol. The van der Waals surface area contributed by atoms with Gasteiger partial charge in [0.1, 0.15) is 11.8 Å². The molecule has 2 aromatic heterocycles. The minimum absolute atomic E-state index is 0.0127. The van der Waals surface area contributed by atoms with Crippen molar-refractivity contribution in [3.05, 3.63) is 22.2 Å². The second-order valence-electron chi connectivity index (χ2n) is 9.18. The molecular weight excluding hydrogens is 428 g/mol. The molecule has 1 fully saturated rings. The van der Waals surface area contributed by atoms with Crippen molar-refractivity contribution < 1.29 is 19.0 Å². The molecule has 0 amide bonds. The third-order valence-corrected chi connectivity index (χ3v) is 4.36. The average molecular weight is 457 g/mol. The summed E-state index contributed by atoms with van der Waals surface area (Å²) in [6.07, 6.45) is 2.49. The normalized spacial score (nSPS) is 17.7. The smallest absolute Gasteiger partial charge is 0.312 e.